The summed E-state index contributed by atoms with van der Waals surface area (Å²) in [6.07, 6.45) is 2.54. The summed E-state index contributed by atoms with van der Waals surface area (Å²) in [5.41, 5.74) is 3.78. The summed E-state index contributed by atoms with van der Waals surface area (Å²) in [6, 6.07) is 14.4. The van der Waals surface area contributed by atoms with E-state index < -0.39 is 17.8 Å². The fourth-order valence-corrected chi connectivity index (χ4v) is 2.80. The fourth-order valence-electron chi connectivity index (χ4n) is 2.80. The number of carbonyl (C=O) groups is 3. The third-order valence-electron chi connectivity index (χ3n) is 4.26. The second-order valence-corrected chi connectivity index (χ2v) is 6.39. The average Bonchev–Trinajstić information content (AvgIpc) is 2.90. The third-order valence-corrected chi connectivity index (χ3v) is 4.26. The van der Waals surface area contributed by atoms with E-state index in [0.29, 0.717) is 5.69 Å². The van der Waals surface area contributed by atoms with Crippen LogP contribution in [0.4, 0.5) is 10.5 Å². The molecule has 6 nitrogen and oxygen atoms in total. The Labute approximate surface area is 157 Å². The maximum Gasteiger partial charge on any atom is 0.329 e. The first kappa shape index (κ1) is 18.4. The van der Waals surface area contributed by atoms with Crippen LogP contribution in [-0.4, -0.2) is 29.3 Å². The number of hydrogen-bond donors (Lipinski definition) is 2. The first-order valence-electron chi connectivity index (χ1n) is 8.76. The van der Waals surface area contributed by atoms with Crippen LogP contribution in [0.1, 0.15) is 23.6 Å². The minimum Gasteiger partial charge on any atom is -0.325 e. The summed E-state index contributed by atoms with van der Waals surface area (Å²) in [5, 5.41) is 5.22. The molecule has 27 heavy (non-hydrogen) atoms. The molecule has 0 atom stereocenters. The fraction of sp³-hybridized carbons (Fsp3) is 0.190. The highest BCUT2D eigenvalue weighted by Crippen LogP contribution is 2.15. The molecule has 1 aliphatic heterocycles. The maximum atomic E-state index is 12.5. The molecule has 0 aliphatic carbocycles. The third kappa shape index (κ3) is 4.41. The van der Waals surface area contributed by atoms with E-state index in [1.807, 2.05) is 49.4 Å². The molecule has 0 saturated carbocycles. The summed E-state index contributed by atoms with van der Waals surface area (Å²) >= 11 is 0. The van der Waals surface area contributed by atoms with E-state index in [-0.39, 0.29) is 12.2 Å². The Hall–Kier alpha value is -3.41. The molecule has 0 aromatic heterocycles. The first-order chi connectivity index (χ1) is 13.0. The summed E-state index contributed by atoms with van der Waals surface area (Å²) in [7, 11) is 0. The Balaban J connectivity index is 1.68. The highest BCUT2D eigenvalue weighted by atomic mass is 16.2. The number of nitrogens with zero attached hydrogens (tertiary/aromatic N) is 1. The van der Waals surface area contributed by atoms with Crippen molar-refractivity contribution in [2.75, 3.05) is 11.9 Å². The number of urea groups is 1. The van der Waals surface area contributed by atoms with Crippen molar-refractivity contribution < 1.29 is 14.4 Å². The minimum absolute atomic E-state index is 0.160. The van der Waals surface area contributed by atoms with Crippen LogP contribution in [0.15, 0.2) is 54.2 Å². The van der Waals surface area contributed by atoms with Crippen LogP contribution in [0, 0.1) is 6.92 Å². The average molecular weight is 363 g/mol. The molecule has 0 radical (unpaired) electrons. The molecule has 0 bridgehead atoms. The number of aryl methyl sites for hydroxylation is 2. The minimum atomic E-state index is -0.601. The highest BCUT2D eigenvalue weighted by Gasteiger charge is 2.34. The van der Waals surface area contributed by atoms with Crippen molar-refractivity contribution in [3.63, 3.8) is 0 Å². The second kappa shape index (κ2) is 7.86. The lowest BCUT2D eigenvalue weighted by atomic mass is 10.1. The van der Waals surface area contributed by atoms with Gasteiger partial charge in [-0.3, -0.25) is 9.59 Å². The second-order valence-electron chi connectivity index (χ2n) is 6.39. The van der Waals surface area contributed by atoms with Crippen molar-refractivity contribution in [3.05, 3.63) is 70.9 Å². The van der Waals surface area contributed by atoms with Crippen LogP contribution < -0.4 is 10.6 Å². The smallest absolute Gasteiger partial charge is 0.325 e. The molecule has 1 heterocycles. The summed E-state index contributed by atoms with van der Waals surface area (Å²) in [4.78, 5) is 37.7. The predicted molar refractivity (Wildman–Crippen MR) is 104 cm³/mol. The molecule has 3 rings (SSSR count). The van der Waals surface area contributed by atoms with E-state index >= 15 is 0 Å². The molecule has 4 amide bonds. The van der Waals surface area contributed by atoms with Gasteiger partial charge in [0.2, 0.25) is 5.91 Å². The van der Waals surface area contributed by atoms with Gasteiger partial charge in [-0.2, -0.15) is 0 Å². The van der Waals surface area contributed by atoms with Gasteiger partial charge >= 0.3 is 6.03 Å². The van der Waals surface area contributed by atoms with Crippen molar-refractivity contribution in [2.45, 2.75) is 20.3 Å². The van der Waals surface area contributed by atoms with Crippen LogP contribution >= 0.6 is 0 Å². The Bertz CT molecular complexity index is 917. The van der Waals surface area contributed by atoms with Gasteiger partial charge in [0, 0.05) is 5.69 Å². The first-order valence-corrected chi connectivity index (χ1v) is 8.76. The van der Waals surface area contributed by atoms with Crippen molar-refractivity contribution >= 4 is 29.6 Å². The van der Waals surface area contributed by atoms with E-state index in [9.17, 15) is 14.4 Å². The largest absolute Gasteiger partial charge is 0.329 e. The zero-order chi connectivity index (χ0) is 19.4. The Morgan fingerprint density at radius 1 is 1.15 bits per heavy atom. The number of carbonyl (C=O) groups excluding carboxylic acids is 3. The van der Waals surface area contributed by atoms with Gasteiger partial charge in [0.1, 0.15) is 12.2 Å². The van der Waals surface area contributed by atoms with E-state index in [1.165, 1.54) is 5.56 Å². The Morgan fingerprint density at radius 2 is 1.89 bits per heavy atom. The molecule has 6 heteroatoms. The molecule has 0 unspecified atom stereocenters. The molecule has 1 fully saturated rings. The molecule has 2 aromatic rings. The van der Waals surface area contributed by atoms with Gasteiger partial charge in [0.25, 0.3) is 5.91 Å². The van der Waals surface area contributed by atoms with E-state index in [2.05, 4.69) is 17.6 Å². The maximum absolute atomic E-state index is 12.5. The molecule has 2 N–H and O–H groups in total. The zero-order valence-corrected chi connectivity index (χ0v) is 15.3. The predicted octanol–water partition coefficient (Wildman–Crippen LogP) is 3.09. The molecule has 2 aromatic carbocycles. The van der Waals surface area contributed by atoms with E-state index in [4.69, 9.17) is 0 Å². The van der Waals surface area contributed by atoms with Crippen LogP contribution in [0.5, 0.6) is 0 Å². The van der Waals surface area contributed by atoms with Gasteiger partial charge in [-0.1, -0.05) is 43.3 Å². The van der Waals surface area contributed by atoms with E-state index in [0.717, 1.165) is 22.4 Å². The molecule has 0 spiro atoms. The molecule has 1 saturated heterocycles. The number of nitrogens with one attached hydrogen (secondary N) is 2. The summed E-state index contributed by atoms with van der Waals surface area (Å²) in [5.74, 6) is -0.948. The Kier molecular flexibility index (Phi) is 5.35. The standard InChI is InChI=1S/C21H21N3O3/c1-3-15-7-9-16(10-8-15)12-18-20(26)24(21(27)23-18)13-19(25)22-17-6-4-5-14(2)11-17/h4-12H,3,13H2,1-2H3,(H,22,25)(H,23,27)/b18-12-. The van der Waals surface area contributed by atoms with Gasteiger partial charge in [0.15, 0.2) is 0 Å². The van der Waals surface area contributed by atoms with Crippen LogP contribution in [0.2, 0.25) is 0 Å². The van der Waals surface area contributed by atoms with Crippen LogP contribution in [-0.2, 0) is 16.0 Å². The van der Waals surface area contributed by atoms with Gasteiger partial charge in [-0.05, 0) is 48.2 Å². The molecule has 1 aliphatic rings. The van der Waals surface area contributed by atoms with Crippen LogP contribution in [0.25, 0.3) is 6.08 Å². The van der Waals surface area contributed by atoms with Crippen molar-refractivity contribution in [1.29, 1.82) is 0 Å². The lowest BCUT2D eigenvalue weighted by Gasteiger charge is -2.12. The monoisotopic (exact) mass is 363 g/mol. The van der Waals surface area contributed by atoms with E-state index in [1.54, 1.807) is 12.1 Å². The van der Waals surface area contributed by atoms with Gasteiger partial charge < -0.3 is 10.6 Å². The van der Waals surface area contributed by atoms with Crippen molar-refractivity contribution in [2.24, 2.45) is 0 Å². The topological polar surface area (TPSA) is 78.5 Å². The number of amides is 4. The zero-order valence-electron chi connectivity index (χ0n) is 15.3. The van der Waals surface area contributed by atoms with Crippen molar-refractivity contribution in [3.8, 4) is 0 Å². The van der Waals surface area contributed by atoms with Gasteiger partial charge in [-0.25, -0.2) is 9.69 Å². The number of imide groups is 1. The van der Waals surface area contributed by atoms with Gasteiger partial charge in [0.05, 0.1) is 0 Å². The number of rotatable bonds is 5. The van der Waals surface area contributed by atoms with Crippen LogP contribution in [0.3, 0.4) is 0 Å². The summed E-state index contributed by atoms with van der Waals surface area (Å²) in [6.45, 7) is 3.63. The highest BCUT2D eigenvalue weighted by molar-refractivity contribution is 6.15. The number of hydrogen-bond acceptors (Lipinski definition) is 3. The van der Waals surface area contributed by atoms with Gasteiger partial charge in [-0.15, -0.1) is 0 Å². The quantitative estimate of drug-likeness (QED) is 0.633. The lowest BCUT2D eigenvalue weighted by molar-refractivity contribution is -0.127. The SMILES string of the molecule is CCc1ccc(/C=C2\NC(=O)N(CC(=O)Nc3cccc(C)c3)C2=O)cc1. The molecule has 138 valence electrons. The molecular weight excluding hydrogens is 342 g/mol. The van der Waals surface area contributed by atoms with Crippen molar-refractivity contribution in [1.82, 2.24) is 10.2 Å². The normalized spacial score (nSPS) is 15.2. The number of anilines is 1. The molecular formula is C21H21N3O3. The lowest BCUT2D eigenvalue weighted by Crippen LogP contribution is -2.38. The summed E-state index contributed by atoms with van der Waals surface area (Å²) < 4.78 is 0. The Morgan fingerprint density at radius 3 is 2.56 bits per heavy atom. The number of benzene rings is 2.